The van der Waals surface area contributed by atoms with Gasteiger partial charge < -0.3 is 5.11 Å². The van der Waals surface area contributed by atoms with Crippen LogP contribution in [-0.2, 0) is 13.0 Å². The molecule has 2 aliphatic heterocycles. The van der Waals surface area contributed by atoms with Gasteiger partial charge in [0.25, 0.3) is 0 Å². The quantitative estimate of drug-likeness (QED) is 0.836. The summed E-state index contributed by atoms with van der Waals surface area (Å²) in [4.78, 5) is 2.70. The highest BCUT2D eigenvalue weighted by Crippen LogP contribution is 2.36. The first kappa shape index (κ1) is 15.9. The van der Waals surface area contributed by atoms with Crippen molar-refractivity contribution in [3.05, 3.63) is 59.7 Å². The maximum absolute atomic E-state index is 9.26. The van der Waals surface area contributed by atoms with Crippen molar-refractivity contribution in [3.8, 4) is 0 Å². The Morgan fingerprint density at radius 1 is 1.04 bits per heavy atom. The first-order valence-electron chi connectivity index (χ1n) is 9.31. The largest absolute Gasteiger partial charge is 0.392 e. The second-order valence-electron chi connectivity index (χ2n) is 7.46. The van der Waals surface area contributed by atoms with Crippen molar-refractivity contribution in [3.63, 3.8) is 0 Å². The molecule has 0 radical (unpaired) electrons. The summed E-state index contributed by atoms with van der Waals surface area (Å²) in [5, 5.41) is 11.8. The van der Waals surface area contributed by atoms with Gasteiger partial charge in [-0.3, -0.25) is 4.90 Å². The Labute approximate surface area is 144 Å². The van der Waals surface area contributed by atoms with E-state index >= 15 is 0 Å². The second kappa shape index (κ2) is 6.70. The van der Waals surface area contributed by atoms with Crippen LogP contribution in [0.5, 0.6) is 0 Å². The van der Waals surface area contributed by atoms with Gasteiger partial charge in [0.2, 0.25) is 0 Å². The van der Waals surface area contributed by atoms with Gasteiger partial charge in [-0.25, -0.2) is 0 Å². The molecule has 5 rings (SSSR count). The number of aliphatic hydroxyl groups excluding tert-OH is 1. The summed E-state index contributed by atoms with van der Waals surface area (Å²) in [6.07, 6.45) is 8.71. The molecule has 126 valence electrons. The predicted molar refractivity (Wildman–Crippen MR) is 100.0 cm³/mol. The second-order valence-corrected chi connectivity index (χ2v) is 7.46. The summed E-state index contributed by atoms with van der Waals surface area (Å²) in [5.41, 5.74) is 2.40. The Hall–Kier alpha value is -1.64. The van der Waals surface area contributed by atoms with Gasteiger partial charge in [0, 0.05) is 19.1 Å². The van der Waals surface area contributed by atoms with Crippen molar-refractivity contribution in [1.82, 2.24) is 4.90 Å². The van der Waals surface area contributed by atoms with Gasteiger partial charge in [-0.2, -0.15) is 0 Å². The monoisotopic (exact) mass is 321 g/mol. The Balaban J connectivity index is 1.46. The average molecular weight is 321 g/mol. The van der Waals surface area contributed by atoms with Crippen LogP contribution in [0.15, 0.2) is 48.6 Å². The van der Waals surface area contributed by atoms with E-state index in [1.54, 1.807) is 0 Å². The van der Waals surface area contributed by atoms with Crippen LogP contribution >= 0.6 is 0 Å². The maximum Gasteiger partial charge on any atom is 0.0682 e. The van der Waals surface area contributed by atoms with Crippen LogP contribution in [-0.4, -0.2) is 29.1 Å². The third-order valence-corrected chi connectivity index (χ3v) is 5.92. The SMILES string of the molecule is CCC1CC2C=CC1N(CCc1ccc3cc(CO)ccc3c1)C2. The lowest BCUT2D eigenvalue weighted by Gasteiger charge is -2.46. The molecule has 3 atom stereocenters. The standard InChI is InChI=1S/C22H27NO/c1-2-19-12-17-5-8-22(19)23(14-17)10-9-16-3-6-21-13-18(15-24)4-7-20(21)11-16/h3-8,11,13,17,19,22,24H,2,9-10,12,14-15H2,1H3. The van der Waals surface area contributed by atoms with E-state index < -0.39 is 0 Å². The fourth-order valence-electron chi connectivity index (χ4n) is 4.53. The molecule has 1 aliphatic carbocycles. The highest BCUT2D eigenvalue weighted by molar-refractivity contribution is 5.83. The van der Waals surface area contributed by atoms with Gasteiger partial charge in [0.05, 0.1) is 6.61 Å². The van der Waals surface area contributed by atoms with E-state index in [4.69, 9.17) is 0 Å². The van der Waals surface area contributed by atoms with Gasteiger partial charge in [0.15, 0.2) is 0 Å². The smallest absolute Gasteiger partial charge is 0.0682 e. The lowest BCUT2D eigenvalue weighted by Crippen LogP contribution is -2.50. The molecule has 2 aromatic carbocycles. The zero-order valence-corrected chi connectivity index (χ0v) is 14.5. The van der Waals surface area contributed by atoms with Crippen molar-refractivity contribution in [2.24, 2.45) is 11.8 Å². The zero-order valence-electron chi connectivity index (χ0n) is 14.5. The molecule has 24 heavy (non-hydrogen) atoms. The molecule has 0 saturated carbocycles. The maximum atomic E-state index is 9.26. The van der Waals surface area contributed by atoms with Gasteiger partial charge in [-0.05, 0) is 52.6 Å². The van der Waals surface area contributed by atoms with Gasteiger partial charge in [-0.15, -0.1) is 0 Å². The van der Waals surface area contributed by atoms with E-state index in [-0.39, 0.29) is 6.61 Å². The van der Waals surface area contributed by atoms with Crippen molar-refractivity contribution in [2.45, 2.75) is 38.8 Å². The minimum atomic E-state index is 0.112. The van der Waals surface area contributed by atoms with E-state index in [2.05, 4.69) is 54.3 Å². The van der Waals surface area contributed by atoms with Crippen LogP contribution in [0.4, 0.5) is 0 Å². The van der Waals surface area contributed by atoms with Crippen molar-refractivity contribution in [1.29, 1.82) is 0 Å². The Kier molecular flexibility index (Phi) is 4.43. The molecule has 1 fully saturated rings. The molecule has 3 unspecified atom stereocenters. The number of rotatable bonds is 5. The molecule has 0 aromatic heterocycles. The summed E-state index contributed by atoms with van der Waals surface area (Å²) in [6, 6.07) is 13.6. The summed E-state index contributed by atoms with van der Waals surface area (Å²) in [5.74, 6) is 1.62. The van der Waals surface area contributed by atoms with Crippen LogP contribution in [0.2, 0.25) is 0 Å². The van der Waals surface area contributed by atoms with Crippen LogP contribution in [0.25, 0.3) is 10.8 Å². The van der Waals surface area contributed by atoms with Crippen molar-refractivity contribution >= 4 is 10.8 Å². The number of aliphatic hydroxyl groups is 1. The molecule has 2 aromatic rings. The summed E-state index contributed by atoms with van der Waals surface area (Å²) < 4.78 is 0. The number of benzene rings is 2. The molecular weight excluding hydrogens is 294 g/mol. The number of hydrogen-bond donors (Lipinski definition) is 1. The number of nitrogens with zero attached hydrogens (tertiary/aromatic N) is 1. The molecule has 1 N–H and O–H groups in total. The van der Waals surface area contributed by atoms with E-state index in [0.29, 0.717) is 6.04 Å². The fraction of sp³-hybridized carbons (Fsp3) is 0.455. The molecule has 2 bridgehead atoms. The fourth-order valence-corrected chi connectivity index (χ4v) is 4.53. The average Bonchev–Trinajstić information content (AvgIpc) is 2.66. The van der Waals surface area contributed by atoms with Crippen molar-refractivity contribution in [2.75, 3.05) is 13.1 Å². The lowest BCUT2D eigenvalue weighted by molar-refractivity contribution is 0.0826. The van der Waals surface area contributed by atoms with Crippen LogP contribution in [0.1, 0.15) is 30.9 Å². The molecule has 0 amide bonds. The van der Waals surface area contributed by atoms with Gasteiger partial charge >= 0.3 is 0 Å². The highest BCUT2D eigenvalue weighted by atomic mass is 16.3. The first-order valence-corrected chi connectivity index (χ1v) is 9.31. The predicted octanol–water partition coefficient (Wildman–Crippen LogP) is 4.16. The van der Waals surface area contributed by atoms with E-state index in [9.17, 15) is 5.11 Å². The zero-order chi connectivity index (χ0) is 16.5. The van der Waals surface area contributed by atoms with Crippen LogP contribution in [0, 0.1) is 11.8 Å². The minimum Gasteiger partial charge on any atom is -0.392 e. The topological polar surface area (TPSA) is 23.5 Å². The molecule has 2 nitrogen and oxygen atoms in total. The third kappa shape index (κ3) is 3.01. The molecule has 2 heterocycles. The molecular formula is C22H27NO. The van der Waals surface area contributed by atoms with E-state index in [1.807, 2.05) is 6.07 Å². The number of hydrogen-bond acceptors (Lipinski definition) is 2. The molecule has 2 heteroatoms. The van der Waals surface area contributed by atoms with Crippen LogP contribution < -0.4 is 0 Å². The molecule has 0 spiro atoms. The number of fused-ring (bicyclic) bond motifs is 3. The normalized spacial score (nSPS) is 26.3. The van der Waals surface area contributed by atoms with Gasteiger partial charge in [0.1, 0.15) is 0 Å². The van der Waals surface area contributed by atoms with E-state index in [1.165, 1.54) is 35.7 Å². The Bertz CT molecular complexity index is 751. The minimum absolute atomic E-state index is 0.112. The first-order chi connectivity index (χ1) is 11.8. The third-order valence-electron chi connectivity index (χ3n) is 5.92. The highest BCUT2D eigenvalue weighted by Gasteiger charge is 2.35. The number of piperidine rings is 1. The lowest BCUT2D eigenvalue weighted by atomic mass is 9.76. The molecule has 1 saturated heterocycles. The van der Waals surface area contributed by atoms with E-state index in [0.717, 1.165) is 30.4 Å². The van der Waals surface area contributed by atoms with Crippen molar-refractivity contribution < 1.29 is 5.11 Å². The summed E-state index contributed by atoms with van der Waals surface area (Å²) in [6.45, 7) is 4.84. The Morgan fingerprint density at radius 3 is 2.50 bits per heavy atom. The summed E-state index contributed by atoms with van der Waals surface area (Å²) in [7, 11) is 0. The van der Waals surface area contributed by atoms with Gasteiger partial charge in [-0.1, -0.05) is 55.8 Å². The molecule has 3 aliphatic rings. The van der Waals surface area contributed by atoms with Crippen LogP contribution in [0.3, 0.4) is 0 Å². The Morgan fingerprint density at radius 2 is 1.79 bits per heavy atom. The summed E-state index contributed by atoms with van der Waals surface area (Å²) >= 11 is 0.